The lowest BCUT2D eigenvalue weighted by molar-refractivity contribution is 0.590. The summed E-state index contributed by atoms with van der Waals surface area (Å²) in [6.07, 6.45) is 0. The smallest absolute Gasteiger partial charge is 0.252 e. The number of rotatable bonds is 4. The van der Waals surface area contributed by atoms with Gasteiger partial charge in [-0.15, -0.1) is 11.3 Å². The molecular formula is C62H49BN2S. The molecule has 13 rings (SSSR count). The molecule has 0 bridgehead atoms. The molecule has 0 atom stereocenters. The third-order valence-electron chi connectivity index (χ3n) is 14.5. The maximum atomic E-state index is 2.63. The first-order valence-corrected chi connectivity index (χ1v) is 24.2. The van der Waals surface area contributed by atoms with Crippen LogP contribution < -0.4 is 21.3 Å². The zero-order valence-corrected chi connectivity index (χ0v) is 39.1. The Hall–Kier alpha value is -7.14. The third-order valence-corrected chi connectivity index (χ3v) is 15.6. The average molecular weight is 865 g/mol. The summed E-state index contributed by atoms with van der Waals surface area (Å²) in [6, 6.07) is 71.3. The van der Waals surface area contributed by atoms with Crippen LogP contribution in [0.25, 0.3) is 81.0 Å². The zero-order chi connectivity index (χ0) is 44.6. The number of thiophene rings is 1. The van der Waals surface area contributed by atoms with Gasteiger partial charge in [-0.25, -0.2) is 0 Å². The molecule has 2 nitrogen and oxygen atoms in total. The van der Waals surface area contributed by atoms with Gasteiger partial charge < -0.3 is 9.47 Å². The number of nitrogens with zero attached hydrogens (tertiary/aromatic N) is 2. The third kappa shape index (κ3) is 5.87. The molecular weight excluding hydrogens is 816 g/mol. The van der Waals surface area contributed by atoms with Gasteiger partial charge in [0, 0.05) is 59.1 Å². The predicted octanol–water partition coefficient (Wildman–Crippen LogP) is 15.4. The second kappa shape index (κ2) is 14.2. The summed E-state index contributed by atoms with van der Waals surface area (Å²) in [4.78, 5) is 2.63. The van der Waals surface area contributed by atoms with E-state index in [2.05, 4.69) is 239 Å². The van der Waals surface area contributed by atoms with E-state index >= 15 is 0 Å². The molecule has 4 heteroatoms. The van der Waals surface area contributed by atoms with Crippen LogP contribution in [0.3, 0.4) is 0 Å². The van der Waals surface area contributed by atoms with Crippen LogP contribution in [0.2, 0.25) is 0 Å². The van der Waals surface area contributed by atoms with Crippen molar-refractivity contribution in [1.82, 2.24) is 4.57 Å². The van der Waals surface area contributed by atoms with Crippen molar-refractivity contribution in [2.75, 3.05) is 4.90 Å². The van der Waals surface area contributed by atoms with Crippen LogP contribution >= 0.6 is 11.3 Å². The maximum absolute atomic E-state index is 2.63. The molecule has 2 aliphatic rings. The molecule has 0 amide bonds. The van der Waals surface area contributed by atoms with Gasteiger partial charge in [0.05, 0.1) is 11.2 Å². The number of hydrogen-bond donors (Lipinski definition) is 0. The molecule has 316 valence electrons. The number of aromatic nitrogens is 1. The molecule has 66 heavy (non-hydrogen) atoms. The minimum atomic E-state index is -0.0605. The fraction of sp³-hybridized carbons (Fsp3) is 0.129. The van der Waals surface area contributed by atoms with Gasteiger partial charge in [0.25, 0.3) is 6.71 Å². The first-order valence-electron chi connectivity index (χ1n) is 23.4. The highest BCUT2D eigenvalue weighted by Gasteiger charge is 2.44. The quantitative estimate of drug-likeness (QED) is 0.160. The van der Waals surface area contributed by atoms with Gasteiger partial charge in [-0.1, -0.05) is 175 Å². The average Bonchev–Trinajstić information content (AvgIpc) is 3.87. The normalized spacial score (nSPS) is 13.2. The van der Waals surface area contributed by atoms with Gasteiger partial charge in [-0.2, -0.15) is 0 Å². The van der Waals surface area contributed by atoms with Crippen molar-refractivity contribution in [1.29, 1.82) is 0 Å². The van der Waals surface area contributed by atoms with E-state index in [0.717, 1.165) is 0 Å². The van der Waals surface area contributed by atoms with Crippen LogP contribution in [0.4, 0.5) is 17.1 Å². The maximum Gasteiger partial charge on any atom is 0.252 e. The Labute approximate surface area is 391 Å². The summed E-state index contributed by atoms with van der Waals surface area (Å²) in [6.45, 7) is 14.1. The molecule has 0 fully saturated rings. The monoisotopic (exact) mass is 864 g/mol. The molecule has 0 aliphatic carbocycles. The van der Waals surface area contributed by atoms with Crippen molar-refractivity contribution in [3.8, 4) is 39.1 Å². The van der Waals surface area contributed by atoms with Gasteiger partial charge in [-0.05, 0) is 121 Å². The Morgan fingerprint density at radius 1 is 0.394 bits per heavy atom. The van der Waals surface area contributed by atoms with Crippen LogP contribution in [0.5, 0.6) is 0 Å². The highest BCUT2D eigenvalue weighted by molar-refractivity contribution is 7.26. The second-order valence-corrected chi connectivity index (χ2v) is 21.6. The van der Waals surface area contributed by atoms with Gasteiger partial charge in [0.2, 0.25) is 0 Å². The van der Waals surface area contributed by atoms with Crippen LogP contribution in [0.15, 0.2) is 188 Å². The Kier molecular flexibility index (Phi) is 8.43. The summed E-state index contributed by atoms with van der Waals surface area (Å²) >= 11 is 1.92. The largest absolute Gasteiger partial charge is 0.311 e. The number of para-hydroxylation sites is 1. The number of benzene rings is 9. The number of hydrogen-bond acceptors (Lipinski definition) is 2. The highest BCUT2D eigenvalue weighted by atomic mass is 32.1. The van der Waals surface area contributed by atoms with E-state index in [0.29, 0.717) is 0 Å². The molecule has 11 aromatic rings. The van der Waals surface area contributed by atoms with Gasteiger partial charge in [-0.3, -0.25) is 0 Å². The SMILES string of the molecule is CC(C)(C)c1ccc2c(c1)c1cc(C(C)(C)C)cc3c1n2-c1cc(-c2ccccc2)cc2c1B3c1cc3sc4ccccc4c3cc1N2c1ccccc1-c1ccc(-c2ccccc2)cc1. The van der Waals surface area contributed by atoms with Crippen molar-refractivity contribution in [2.24, 2.45) is 0 Å². The minimum absolute atomic E-state index is 0.00158. The van der Waals surface area contributed by atoms with E-state index in [1.54, 1.807) is 0 Å². The molecule has 0 saturated carbocycles. The van der Waals surface area contributed by atoms with Crippen LogP contribution in [0.1, 0.15) is 52.7 Å². The van der Waals surface area contributed by atoms with E-state index in [1.807, 2.05) is 11.3 Å². The van der Waals surface area contributed by atoms with Gasteiger partial charge in [0.15, 0.2) is 0 Å². The van der Waals surface area contributed by atoms with E-state index < -0.39 is 0 Å². The summed E-state index contributed by atoms with van der Waals surface area (Å²) in [5.41, 5.74) is 21.5. The van der Waals surface area contributed by atoms with Crippen molar-refractivity contribution in [3.05, 3.63) is 199 Å². The standard InChI is InChI=1S/C62H49BN2S/c1-61(2,3)43-29-30-53-47(33-43)49-34-44(62(4,5)6)35-51-60(49)65(53)56-32-42(39-19-11-8-12-20-39)31-55-59(56)63(51)50-37-58-48(46-22-14-16-24-57(46)66-58)36-54(50)64(55)52-23-15-13-21-45(52)41-27-25-40(26-28-41)38-17-9-7-10-18-38/h7-37H,1-6H3. The molecule has 0 radical (unpaired) electrons. The molecule has 2 aliphatic heterocycles. The van der Waals surface area contributed by atoms with Crippen LogP contribution in [-0.4, -0.2) is 11.3 Å². The molecule has 0 N–H and O–H groups in total. The summed E-state index contributed by atoms with van der Waals surface area (Å²) in [7, 11) is 0. The van der Waals surface area contributed by atoms with Crippen LogP contribution in [-0.2, 0) is 10.8 Å². The molecule has 2 aromatic heterocycles. The molecule has 4 heterocycles. The second-order valence-electron chi connectivity index (χ2n) is 20.6. The lowest BCUT2D eigenvalue weighted by atomic mass is 9.33. The van der Waals surface area contributed by atoms with E-state index in [-0.39, 0.29) is 17.5 Å². The summed E-state index contributed by atoms with van der Waals surface area (Å²) in [5, 5.41) is 5.28. The lowest BCUT2D eigenvalue weighted by Gasteiger charge is -2.41. The topological polar surface area (TPSA) is 8.17 Å². The van der Waals surface area contributed by atoms with E-state index in [1.165, 1.54) is 126 Å². The first-order chi connectivity index (χ1) is 32.0. The van der Waals surface area contributed by atoms with Gasteiger partial charge in [0.1, 0.15) is 0 Å². The van der Waals surface area contributed by atoms with Crippen molar-refractivity contribution < 1.29 is 0 Å². The first kappa shape index (κ1) is 39.2. The molecule has 0 spiro atoms. The Morgan fingerprint density at radius 3 is 1.76 bits per heavy atom. The van der Waals surface area contributed by atoms with Crippen LogP contribution in [0, 0.1) is 0 Å². The summed E-state index contributed by atoms with van der Waals surface area (Å²) < 4.78 is 5.28. The van der Waals surface area contributed by atoms with Crippen molar-refractivity contribution in [2.45, 2.75) is 52.4 Å². The zero-order valence-electron chi connectivity index (χ0n) is 38.3. The molecule has 9 aromatic carbocycles. The summed E-state index contributed by atoms with van der Waals surface area (Å²) in [5.74, 6) is 0. The van der Waals surface area contributed by atoms with Crippen molar-refractivity contribution >= 4 is 93.5 Å². The van der Waals surface area contributed by atoms with Crippen molar-refractivity contribution in [3.63, 3.8) is 0 Å². The number of fused-ring (bicyclic) bond motifs is 10. The fourth-order valence-corrected chi connectivity index (χ4v) is 12.2. The minimum Gasteiger partial charge on any atom is -0.311 e. The predicted molar refractivity (Wildman–Crippen MR) is 287 cm³/mol. The van der Waals surface area contributed by atoms with Gasteiger partial charge >= 0.3 is 0 Å². The Morgan fingerprint density at radius 2 is 1.02 bits per heavy atom. The number of anilines is 3. The Bertz CT molecular complexity index is 3770. The van der Waals surface area contributed by atoms with E-state index in [4.69, 9.17) is 0 Å². The molecule has 0 unspecified atom stereocenters. The highest BCUT2D eigenvalue weighted by Crippen LogP contribution is 2.49. The lowest BCUT2D eigenvalue weighted by Crippen LogP contribution is -2.60. The van der Waals surface area contributed by atoms with E-state index in [9.17, 15) is 0 Å². The fourth-order valence-electron chi connectivity index (χ4n) is 11.1. The Balaban J connectivity index is 1.18. The molecule has 0 saturated heterocycles.